The summed E-state index contributed by atoms with van der Waals surface area (Å²) in [5, 5.41) is 3.24. The number of hydrogen-bond acceptors (Lipinski definition) is 4. The van der Waals surface area contributed by atoms with Gasteiger partial charge in [0.05, 0.1) is 21.7 Å². The van der Waals surface area contributed by atoms with Crippen molar-refractivity contribution in [1.29, 1.82) is 0 Å². The van der Waals surface area contributed by atoms with Gasteiger partial charge in [-0.15, -0.1) is 0 Å². The lowest BCUT2D eigenvalue weighted by Gasteiger charge is -2.20. The Kier molecular flexibility index (Phi) is 5.63. The van der Waals surface area contributed by atoms with E-state index in [4.69, 9.17) is 0 Å². The molecule has 4 rings (SSSR count). The Labute approximate surface area is 185 Å². The van der Waals surface area contributed by atoms with E-state index in [2.05, 4.69) is 10.3 Å². The number of anilines is 2. The molecule has 1 heterocycles. The fourth-order valence-corrected chi connectivity index (χ4v) is 4.63. The minimum atomic E-state index is -3.83. The van der Waals surface area contributed by atoms with E-state index in [1.54, 1.807) is 55.5 Å². The zero-order valence-electron chi connectivity index (χ0n) is 17.4. The van der Waals surface area contributed by atoms with Crippen LogP contribution < -0.4 is 9.62 Å². The van der Waals surface area contributed by atoms with Crippen molar-refractivity contribution in [3.8, 4) is 0 Å². The first kappa shape index (κ1) is 21.5. The highest BCUT2D eigenvalue weighted by Crippen LogP contribution is 2.25. The third-order valence-electron chi connectivity index (χ3n) is 5.01. The normalized spacial score (nSPS) is 11.3. The van der Waals surface area contributed by atoms with Crippen molar-refractivity contribution in [2.75, 3.05) is 16.7 Å². The van der Waals surface area contributed by atoms with Crippen molar-refractivity contribution in [2.24, 2.45) is 0 Å². The Balaban J connectivity index is 1.65. The van der Waals surface area contributed by atoms with E-state index >= 15 is 0 Å². The fraction of sp³-hybridized carbons (Fsp3) is 0.0833. The zero-order valence-corrected chi connectivity index (χ0v) is 18.2. The van der Waals surface area contributed by atoms with Crippen molar-refractivity contribution < 1.29 is 17.6 Å². The number of benzene rings is 3. The number of nitrogens with one attached hydrogen (secondary N) is 1. The maximum atomic E-state index is 13.6. The lowest BCUT2D eigenvalue weighted by molar-refractivity contribution is 0.102. The van der Waals surface area contributed by atoms with Crippen LogP contribution in [0.3, 0.4) is 0 Å². The Morgan fingerprint density at radius 2 is 1.72 bits per heavy atom. The Morgan fingerprint density at radius 1 is 0.969 bits per heavy atom. The number of carbonyl (C=O) groups excluding carboxylic acids is 1. The van der Waals surface area contributed by atoms with Crippen LogP contribution in [0.2, 0.25) is 0 Å². The third-order valence-corrected chi connectivity index (χ3v) is 6.80. The number of para-hydroxylation sites is 1. The lowest BCUT2D eigenvalue weighted by atomic mass is 10.1. The zero-order chi connectivity index (χ0) is 22.9. The largest absolute Gasteiger partial charge is 0.322 e. The first-order valence-electron chi connectivity index (χ1n) is 9.78. The van der Waals surface area contributed by atoms with Gasteiger partial charge in [-0.2, -0.15) is 0 Å². The smallest absolute Gasteiger partial charge is 0.264 e. The minimum absolute atomic E-state index is 0.0412. The highest BCUT2D eigenvalue weighted by atomic mass is 32.2. The van der Waals surface area contributed by atoms with Crippen molar-refractivity contribution >= 4 is 38.2 Å². The molecule has 1 N–H and O–H groups in total. The summed E-state index contributed by atoms with van der Waals surface area (Å²) in [6.07, 6.45) is 0. The van der Waals surface area contributed by atoms with Crippen molar-refractivity contribution in [1.82, 2.24) is 4.98 Å². The van der Waals surface area contributed by atoms with E-state index in [1.807, 2.05) is 0 Å². The summed E-state index contributed by atoms with van der Waals surface area (Å²) < 4.78 is 40.9. The molecule has 0 fully saturated rings. The van der Waals surface area contributed by atoms with E-state index in [0.717, 1.165) is 0 Å². The van der Waals surface area contributed by atoms with Gasteiger partial charge in [0.2, 0.25) is 0 Å². The molecular formula is C24H20FN3O3S. The van der Waals surface area contributed by atoms with Gasteiger partial charge in [0, 0.05) is 29.9 Å². The van der Waals surface area contributed by atoms with Gasteiger partial charge in [0.25, 0.3) is 15.9 Å². The molecule has 0 saturated heterocycles. The second-order valence-corrected chi connectivity index (χ2v) is 9.23. The van der Waals surface area contributed by atoms with E-state index < -0.39 is 21.7 Å². The standard InChI is InChI=1S/C24H20FN3O3S/c1-16-13-22(21-12-11-17(25)14-23(21)26-16)24(29)27-18-7-6-10-20(15-18)32(30,31)28(2)19-8-4-3-5-9-19/h3-15H,1-2H3,(H,27,29). The summed E-state index contributed by atoms with van der Waals surface area (Å²) >= 11 is 0. The number of fused-ring (bicyclic) bond motifs is 1. The van der Waals surface area contributed by atoms with E-state index in [0.29, 0.717) is 33.5 Å². The summed E-state index contributed by atoms with van der Waals surface area (Å²) in [4.78, 5) is 17.3. The average molecular weight is 450 g/mol. The maximum Gasteiger partial charge on any atom is 0.264 e. The number of aromatic nitrogens is 1. The van der Waals surface area contributed by atoms with Crippen LogP contribution in [0.4, 0.5) is 15.8 Å². The molecule has 8 heteroatoms. The quantitative estimate of drug-likeness (QED) is 0.476. The number of nitrogens with zero attached hydrogens (tertiary/aromatic N) is 2. The predicted molar refractivity (Wildman–Crippen MR) is 123 cm³/mol. The third kappa shape index (κ3) is 4.17. The molecule has 0 spiro atoms. The van der Waals surface area contributed by atoms with Crippen molar-refractivity contribution in [3.63, 3.8) is 0 Å². The highest BCUT2D eigenvalue weighted by molar-refractivity contribution is 7.92. The number of hydrogen-bond donors (Lipinski definition) is 1. The number of amides is 1. The molecule has 0 aliphatic rings. The molecule has 6 nitrogen and oxygen atoms in total. The number of aryl methyl sites for hydroxylation is 1. The van der Waals surface area contributed by atoms with Crippen LogP contribution in [-0.4, -0.2) is 26.4 Å². The predicted octanol–water partition coefficient (Wildman–Crippen LogP) is 4.76. The van der Waals surface area contributed by atoms with E-state index in [9.17, 15) is 17.6 Å². The lowest BCUT2D eigenvalue weighted by Crippen LogP contribution is -2.26. The molecule has 4 aromatic rings. The summed E-state index contributed by atoms with van der Waals surface area (Å²) in [6.45, 7) is 1.72. The first-order chi connectivity index (χ1) is 15.3. The van der Waals surface area contributed by atoms with Crippen LogP contribution in [0.25, 0.3) is 10.9 Å². The second kappa shape index (κ2) is 8.39. The van der Waals surface area contributed by atoms with Gasteiger partial charge >= 0.3 is 0 Å². The molecule has 0 bridgehead atoms. The van der Waals surface area contributed by atoms with Gasteiger partial charge in [-0.3, -0.25) is 14.1 Å². The summed E-state index contributed by atoms with van der Waals surface area (Å²) in [5.74, 6) is -0.888. The fourth-order valence-electron chi connectivity index (χ4n) is 3.39. The van der Waals surface area contributed by atoms with Crippen LogP contribution in [0.5, 0.6) is 0 Å². The van der Waals surface area contributed by atoms with E-state index in [1.165, 1.54) is 41.7 Å². The molecular weight excluding hydrogens is 429 g/mol. The maximum absolute atomic E-state index is 13.6. The highest BCUT2D eigenvalue weighted by Gasteiger charge is 2.22. The molecule has 32 heavy (non-hydrogen) atoms. The van der Waals surface area contributed by atoms with Gasteiger partial charge in [-0.25, -0.2) is 12.8 Å². The summed E-state index contributed by atoms with van der Waals surface area (Å²) in [7, 11) is -2.36. The minimum Gasteiger partial charge on any atom is -0.322 e. The van der Waals surface area contributed by atoms with Gasteiger partial charge in [0.1, 0.15) is 5.82 Å². The van der Waals surface area contributed by atoms with E-state index in [-0.39, 0.29) is 4.90 Å². The van der Waals surface area contributed by atoms with Crippen molar-refractivity contribution in [2.45, 2.75) is 11.8 Å². The molecule has 1 amide bonds. The van der Waals surface area contributed by atoms with Gasteiger partial charge < -0.3 is 5.32 Å². The Bertz CT molecular complexity index is 1420. The SMILES string of the molecule is Cc1cc(C(=O)Nc2cccc(S(=O)(=O)N(C)c3ccccc3)c2)c2ccc(F)cc2n1. The summed E-state index contributed by atoms with van der Waals surface area (Å²) in [5.41, 5.74) is 2.10. The second-order valence-electron chi connectivity index (χ2n) is 7.26. The molecule has 0 aliphatic carbocycles. The van der Waals surface area contributed by atoms with Gasteiger partial charge in [-0.1, -0.05) is 24.3 Å². The monoisotopic (exact) mass is 449 g/mol. The average Bonchev–Trinajstić information content (AvgIpc) is 2.78. The Morgan fingerprint density at radius 3 is 2.47 bits per heavy atom. The van der Waals surface area contributed by atoms with Crippen molar-refractivity contribution in [3.05, 3.63) is 95.9 Å². The molecule has 0 aliphatic heterocycles. The molecule has 0 radical (unpaired) electrons. The Hall–Kier alpha value is -3.78. The number of carbonyl (C=O) groups is 1. The van der Waals surface area contributed by atoms with Gasteiger partial charge in [-0.05, 0) is 55.5 Å². The first-order valence-corrected chi connectivity index (χ1v) is 11.2. The molecule has 162 valence electrons. The van der Waals surface area contributed by atoms with Crippen LogP contribution in [-0.2, 0) is 10.0 Å². The molecule has 1 aromatic heterocycles. The van der Waals surface area contributed by atoms with Crippen LogP contribution in [0.15, 0.2) is 83.8 Å². The molecule has 0 unspecified atom stereocenters. The van der Waals surface area contributed by atoms with Crippen LogP contribution in [0, 0.1) is 12.7 Å². The summed E-state index contributed by atoms with van der Waals surface area (Å²) in [6, 6.07) is 20.4. The topological polar surface area (TPSA) is 79.4 Å². The van der Waals surface area contributed by atoms with Gasteiger partial charge in [0.15, 0.2) is 0 Å². The number of pyridine rings is 1. The number of rotatable bonds is 5. The van der Waals surface area contributed by atoms with Crippen LogP contribution >= 0.6 is 0 Å². The number of sulfonamides is 1. The molecule has 0 atom stereocenters. The molecule has 0 saturated carbocycles. The van der Waals surface area contributed by atoms with Crippen LogP contribution in [0.1, 0.15) is 16.1 Å². The molecule has 3 aromatic carbocycles. The number of halogens is 1.